The third-order valence-electron chi connectivity index (χ3n) is 3.41. The Morgan fingerprint density at radius 2 is 1.87 bits per heavy atom. The largest absolute Gasteiger partial charge is 0.314 e. The molecule has 1 aliphatic carbocycles. The first-order valence-corrected chi connectivity index (χ1v) is 5.53. The van der Waals surface area contributed by atoms with E-state index in [2.05, 4.69) is 5.32 Å². The van der Waals surface area contributed by atoms with Gasteiger partial charge in [0.05, 0.1) is 6.04 Å². The highest BCUT2D eigenvalue weighted by Crippen LogP contribution is 2.27. The number of nitrogens with one attached hydrogen (secondary N) is 1. The molecule has 1 N–H and O–H groups in total. The summed E-state index contributed by atoms with van der Waals surface area (Å²) in [6.07, 6.45) is 2.45. The van der Waals surface area contributed by atoms with Gasteiger partial charge in [0.2, 0.25) is 0 Å². The van der Waals surface area contributed by atoms with E-state index in [9.17, 15) is 8.78 Å². The first-order valence-electron chi connectivity index (χ1n) is 5.53. The minimum Gasteiger partial charge on any atom is -0.314 e. The van der Waals surface area contributed by atoms with Gasteiger partial charge < -0.3 is 5.32 Å². The molecule has 0 radical (unpaired) electrons. The maximum absolute atomic E-state index is 12.7. The highest BCUT2D eigenvalue weighted by molar-refractivity contribution is 5.85. The van der Waals surface area contributed by atoms with Crippen molar-refractivity contribution in [1.29, 1.82) is 0 Å². The van der Waals surface area contributed by atoms with Gasteiger partial charge in [0.25, 0.3) is 6.43 Å². The van der Waals surface area contributed by atoms with Crippen LogP contribution in [0.2, 0.25) is 0 Å². The van der Waals surface area contributed by atoms with Crippen molar-refractivity contribution in [3.05, 3.63) is 0 Å². The molecule has 90 valence electrons. The molecular weight excluding hydrogens is 222 g/mol. The fraction of sp³-hybridized carbons (Fsp3) is 1.00. The van der Waals surface area contributed by atoms with Crippen LogP contribution in [0.4, 0.5) is 8.78 Å². The second kappa shape index (κ2) is 5.97. The predicted octanol–water partition coefficient (Wildman–Crippen LogP) is 1.89. The average molecular weight is 241 g/mol. The molecule has 2 fully saturated rings. The summed E-state index contributed by atoms with van der Waals surface area (Å²) in [6, 6.07) is -0.122. The van der Waals surface area contributed by atoms with Crippen LogP contribution in [-0.4, -0.2) is 43.0 Å². The summed E-state index contributed by atoms with van der Waals surface area (Å²) >= 11 is 0. The van der Waals surface area contributed by atoms with E-state index in [-0.39, 0.29) is 12.4 Å². The lowest BCUT2D eigenvalue weighted by Crippen LogP contribution is -2.57. The van der Waals surface area contributed by atoms with E-state index in [1.165, 1.54) is 12.8 Å². The van der Waals surface area contributed by atoms with Gasteiger partial charge in [-0.05, 0) is 12.8 Å². The molecule has 1 aliphatic heterocycles. The zero-order chi connectivity index (χ0) is 9.97. The van der Waals surface area contributed by atoms with Crippen LogP contribution in [0.3, 0.4) is 0 Å². The summed E-state index contributed by atoms with van der Waals surface area (Å²) in [6.45, 7) is 2.10. The van der Waals surface area contributed by atoms with Crippen molar-refractivity contribution in [3.8, 4) is 0 Å². The van der Waals surface area contributed by atoms with E-state index in [0.29, 0.717) is 12.6 Å². The summed E-state index contributed by atoms with van der Waals surface area (Å²) in [4.78, 5) is 2.04. The van der Waals surface area contributed by atoms with Crippen LogP contribution in [0.25, 0.3) is 0 Å². The third-order valence-corrected chi connectivity index (χ3v) is 3.41. The molecule has 0 amide bonds. The monoisotopic (exact) mass is 240 g/mol. The highest BCUT2D eigenvalue weighted by atomic mass is 35.5. The molecule has 1 atom stereocenters. The van der Waals surface area contributed by atoms with E-state index >= 15 is 0 Å². The van der Waals surface area contributed by atoms with Crippen molar-refractivity contribution in [1.82, 2.24) is 10.2 Å². The third kappa shape index (κ3) is 3.02. The summed E-state index contributed by atoms with van der Waals surface area (Å²) in [5.74, 6) is 0. The van der Waals surface area contributed by atoms with E-state index in [4.69, 9.17) is 0 Å². The van der Waals surface area contributed by atoms with Crippen molar-refractivity contribution < 1.29 is 8.78 Å². The molecule has 1 saturated carbocycles. The van der Waals surface area contributed by atoms with Gasteiger partial charge in [-0.3, -0.25) is 4.90 Å². The molecule has 1 heterocycles. The molecule has 0 aromatic carbocycles. The number of alkyl halides is 2. The SMILES string of the molecule is Cl.FC(F)C1CNCCN1C1CCCC1. The Morgan fingerprint density at radius 3 is 2.47 bits per heavy atom. The van der Waals surface area contributed by atoms with Crippen LogP contribution < -0.4 is 5.32 Å². The molecule has 2 aliphatic rings. The van der Waals surface area contributed by atoms with Gasteiger partial charge in [0.15, 0.2) is 0 Å². The first kappa shape index (κ1) is 13.1. The number of piperazine rings is 1. The Balaban J connectivity index is 0.00000112. The van der Waals surface area contributed by atoms with Gasteiger partial charge in [0, 0.05) is 25.7 Å². The Bertz CT molecular complexity index is 186. The number of hydrogen-bond donors (Lipinski definition) is 1. The molecule has 2 rings (SSSR count). The standard InChI is InChI=1S/C10H18F2N2.ClH/c11-10(12)9-7-13-5-6-14(9)8-3-1-2-4-8;/h8-10,13H,1-7H2;1H. The van der Waals surface area contributed by atoms with Crippen LogP contribution in [-0.2, 0) is 0 Å². The summed E-state index contributed by atoms with van der Waals surface area (Å²) in [7, 11) is 0. The lowest BCUT2D eigenvalue weighted by Gasteiger charge is -2.39. The Kier molecular flexibility index (Phi) is 5.23. The van der Waals surface area contributed by atoms with E-state index in [1.807, 2.05) is 4.90 Å². The minimum atomic E-state index is -2.21. The maximum atomic E-state index is 12.7. The van der Waals surface area contributed by atoms with Crippen molar-refractivity contribution in [2.24, 2.45) is 0 Å². The lowest BCUT2D eigenvalue weighted by atomic mass is 10.1. The molecule has 0 bridgehead atoms. The second-order valence-corrected chi connectivity index (χ2v) is 4.28. The molecule has 5 heteroatoms. The van der Waals surface area contributed by atoms with Gasteiger partial charge >= 0.3 is 0 Å². The molecule has 0 aromatic rings. The van der Waals surface area contributed by atoms with Crippen molar-refractivity contribution >= 4 is 12.4 Å². The molecule has 15 heavy (non-hydrogen) atoms. The van der Waals surface area contributed by atoms with Crippen molar-refractivity contribution in [3.63, 3.8) is 0 Å². The smallest absolute Gasteiger partial charge is 0.255 e. The lowest BCUT2D eigenvalue weighted by molar-refractivity contribution is -0.00867. The van der Waals surface area contributed by atoms with E-state index in [0.717, 1.165) is 25.9 Å². The predicted molar refractivity (Wildman–Crippen MR) is 58.9 cm³/mol. The topological polar surface area (TPSA) is 15.3 Å². The van der Waals surface area contributed by atoms with Crippen LogP contribution in [0, 0.1) is 0 Å². The first-order chi connectivity index (χ1) is 6.79. The molecule has 1 unspecified atom stereocenters. The van der Waals surface area contributed by atoms with Gasteiger partial charge in [-0.25, -0.2) is 8.78 Å². The Hall–Kier alpha value is 0.0700. The zero-order valence-corrected chi connectivity index (χ0v) is 9.61. The van der Waals surface area contributed by atoms with Crippen LogP contribution in [0.1, 0.15) is 25.7 Å². The van der Waals surface area contributed by atoms with Crippen LogP contribution in [0.15, 0.2) is 0 Å². The summed E-state index contributed by atoms with van der Waals surface area (Å²) in [5, 5.41) is 3.05. The van der Waals surface area contributed by atoms with E-state index < -0.39 is 12.5 Å². The van der Waals surface area contributed by atoms with Gasteiger partial charge in [-0.2, -0.15) is 0 Å². The minimum absolute atomic E-state index is 0. The molecular formula is C10H19ClF2N2. The maximum Gasteiger partial charge on any atom is 0.255 e. The zero-order valence-electron chi connectivity index (χ0n) is 8.79. The Labute approximate surface area is 95.8 Å². The fourth-order valence-corrected chi connectivity index (χ4v) is 2.66. The van der Waals surface area contributed by atoms with Crippen molar-refractivity contribution in [2.45, 2.75) is 44.2 Å². The Morgan fingerprint density at radius 1 is 1.20 bits per heavy atom. The second-order valence-electron chi connectivity index (χ2n) is 4.28. The molecule has 2 nitrogen and oxygen atoms in total. The molecule has 0 aromatic heterocycles. The van der Waals surface area contributed by atoms with Crippen LogP contribution >= 0.6 is 12.4 Å². The average Bonchev–Trinajstić information content (AvgIpc) is 2.70. The number of nitrogens with zero attached hydrogens (tertiary/aromatic N) is 1. The summed E-state index contributed by atoms with van der Waals surface area (Å²) < 4.78 is 25.5. The van der Waals surface area contributed by atoms with Gasteiger partial charge in [-0.15, -0.1) is 12.4 Å². The summed E-state index contributed by atoms with van der Waals surface area (Å²) in [5.41, 5.74) is 0. The number of halogens is 3. The number of rotatable bonds is 2. The van der Waals surface area contributed by atoms with Gasteiger partial charge in [-0.1, -0.05) is 12.8 Å². The van der Waals surface area contributed by atoms with Crippen LogP contribution in [0.5, 0.6) is 0 Å². The van der Waals surface area contributed by atoms with E-state index in [1.54, 1.807) is 0 Å². The molecule has 0 spiro atoms. The number of hydrogen-bond acceptors (Lipinski definition) is 2. The quantitative estimate of drug-likeness (QED) is 0.793. The normalized spacial score (nSPS) is 29.4. The highest BCUT2D eigenvalue weighted by Gasteiger charge is 2.35. The van der Waals surface area contributed by atoms with Gasteiger partial charge in [0.1, 0.15) is 0 Å². The fourth-order valence-electron chi connectivity index (χ4n) is 2.66. The van der Waals surface area contributed by atoms with Crippen molar-refractivity contribution in [2.75, 3.05) is 19.6 Å². The molecule has 1 saturated heterocycles.